The molecule has 0 saturated carbocycles. The molecule has 0 unspecified atom stereocenters. The maximum Gasteiger partial charge on any atom is 0.418 e. The smallest absolute Gasteiger partial charge is 0.247 e. The molecule has 0 spiro atoms. The summed E-state index contributed by atoms with van der Waals surface area (Å²) < 4.78 is 40.7. The van der Waals surface area contributed by atoms with Gasteiger partial charge in [0.05, 0.1) is 47.1 Å². The van der Waals surface area contributed by atoms with Crippen LogP contribution in [0.2, 0.25) is 30.1 Å². The highest BCUT2D eigenvalue weighted by Gasteiger charge is 2.35. The van der Waals surface area contributed by atoms with Crippen LogP contribution in [-0.4, -0.2) is 4.98 Å². The first kappa shape index (κ1) is 21.8. The van der Waals surface area contributed by atoms with Crippen LogP contribution >= 0.6 is 69.6 Å². The van der Waals surface area contributed by atoms with Crippen molar-refractivity contribution in [2.75, 3.05) is 0 Å². The summed E-state index contributed by atoms with van der Waals surface area (Å²) in [5.74, 6) is 0. The second-order valence-electron chi connectivity index (χ2n) is 5.54. The molecular formula is C18H6Cl6F3N. The fourth-order valence-corrected chi connectivity index (χ4v) is 3.73. The van der Waals surface area contributed by atoms with Gasteiger partial charge in [0.1, 0.15) is 0 Å². The van der Waals surface area contributed by atoms with Gasteiger partial charge in [0.25, 0.3) is 0 Å². The van der Waals surface area contributed by atoms with Crippen molar-refractivity contribution in [3.63, 3.8) is 0 Å². The molecule has 0 atom stereocenters. The zero-order chi connectivity index (χ0) is 20.8. The van der Waals surface area contributed by atoms with E-state index in [1.807, 2.05) is 0 Å². The minimum atomic E-state index is -4.68. The Hall–Kier alpha value is -0.880. The van der Waals surface area contributed by atoms with E-state index in [0.717, 1.165) is 6.07 Å². The molecule has 1 heterocycles. The molecule has 0 bridgehead atoms. The van der Waals surface area contributed by atoms with Crippen LogP contribution in [-0.2, 0) is 6.18 Å². The Kier molecular flexibility index (Phi) is 6.31. The topological polar surface area (TPSA) is 12.9 Å². The largest absolute Gasteiger partial charge is 0.418 e. The fourth-order valence-electron chi connectivity index (χ4n) is 2.48. The number of rotatable bonds is 2. The third-order valence-corrected chi connectivity index (χ3v) is 6.39. The van der Waals surface area contributed by atoms with Gasteiger partial charge in [-0.25, -0.2) is 4.98 Å². The Balaban J connectivity index is 2.31. The quantitative estimate of drug-likeness (QED) is 0.316. The summed E-state index contributed by atoms with van der Waals surface area (Å²) in [6.07, 6.45) is -4.68. The number of aromatic nitrogens is 1. The second-order valence-corrected chi connectivity index (χ2v) is 7.86. The molecular weight excluding hydrogens is 500 g/mol. The van der Waals surface area contributed by atoms with Crippen LogP contribution in [0.5, 0.6) is 0 Å². The molecule has 0 aliphatic carbocycles. The van der Waals surface area contributed by atoms with Crippen LogP contribution < -0.4 is 0 Å². The molecule has 2 aromatic carbocycles. The highest BCUT2D eigenvalue weighted by atomic mass is 35.5. The molecule has 1 aromatic heterocycles. The lowest BCUT2D eigenvalue weighted by Gasteiger charge is -2.16. The standard InChI is InChI=1S/C18H6Cl6F3N/c19-10-4-1-7(13(21)15(10)23)12-6-3-9(18(25,26)27)17(28-12)8-2-5-11(20)16(24)14(8)22/h1-6H. The lowest BCUT2D eigenvalue weighted by molar-refractivity contribution is -0.137. The second kappa shape index (κ2) is 8.10. The highest BCUT2D eigenvalue weighted by Crippen LogP contribution is 2.44. The predicted molar refractivity (Wildman–Crippen MR) is 110 cm³/mol. The minimum absolute atomic E-state index is 0.0265. The lowest BCUT2D eigenvalue weighted by atomic mass is 10.0. The Labute approximate surface area is 187 Å². The predicted octanol–water partition coefficient (Wildman–Crippen LogP) is 9.35. The van der Waals surface area contributed by atoms with Gasteiger partial charge in [0.2, 0.25) is 0 Å². The van der Waals surface area contributed by atoms with E-state index in [2.05, 4.69) is 4.98 Å². The zero-order valence-corrected chi connectivity index (χ0v) is 17.8. The number of hydrogen-bond donors (Lipinski definition) is 0. The van der Waals surface area contributed by atoms with Gasteiger partial charge in [-0.1, -0.05) is 69.6 Å². The van der Waals surface area contributed by atoms with Gasteiger partial charge >= 0.3 is 6.18 Å². The van der Waals surface area contributed by atoms with E-state index in [9.17, 15) is 13.2 Å². The van der Waals surface area contributed by atoms with Crippen LogP contribution in [0.4, 0.5) is 13.2 Å². The van der Waals surface area contributed by atoms with Gasteiger partial charge < -0.3 is 0 Å². The molecule has 0 saturated heterocycles. The van der Waals surface area contributed by atoms with Crippen molar-refractivity contribution in [3.05, 3.63) is 72.1 Å². The summed E-state index contributed by atoms with van der Waals surface area (Å²) in [5.41, 5.74) is -0.985. The van der Waals surface area contributed by atoms with E-state index in [1.165, 1.54) is 30.3 Å². The van der Waals surface area contributed by atoms with Crippen molar-refractivity contribution < 1.29 is 13.2 Å². The van der Waals surface area contributed by atoms with Gasteiger partial charge in [-0.2, -0.15) is 13.2 Å². The van der Waals surface area contributed by atoms with Crippen molar-refractivity contribution in [1.82, 2.24) is 4.98 Å². The molecule has 0 fully saturated rings. The Morgan fingerprint density at radius 3 is 1.64 bits per heavy atom. The van der Waals surface area contributed by atoms with Crippen molar-refractivity contribution in [3.8, 4) is 22.5 Å². The van der Waals surface area contributed by atoms with E-state index in [0.29, 0.717) is 5.56 Å². The van der Waals surface area contributed by atoms with Crippen molar-refractivity contribution in [1.29, 1.82) is 0 Å². The number of halogens is 9. The van der Waals surface area contributed by atoms with E-state index >= 15 is 0 Å². The van der Waals surface area contributed by atoms with Gasteiger partial charge in [0.15, 0.2) is 0 Å². The first-order valence-electron chi connectivity index (χ1n) is 7.38. The van der Waals surface area contributed by atoms with E-state index in [4.69, 9.17) is 69.6 Å². The average molecular weight is 506 g/mol. The van der Waals surface area contributed by atoms with Crippen LogP contribution in [0.3, 0.4) is 0 Å². The summed E-state index contributed by atoms with van der Waals surface area (Å²) in [6.45, 7) is 0. The van der Waals surface area contributed by atoms with E-state index in [1.54, 1.807) is 0 Å². The number of hydrogen-bond acceptors (Lipinski definition) is 1. The molecule has 1 nitrogen and oxygen atoms in total. The van der Waals surface area contributed by atoms with Crippen LogP contribution in [0.1, 0.15) is 5.56 Å². The van der Waals surface area contributed by atoms with Crippen LogP contribution in [0.25, 0.3) is 22.5 Å². The summed E-state index contributed by atoms with van der Waals surface area (Å²) in [7, 11) is 0. The Bertz CT molecular complexity index is 1080. The molecule has 3 aromatic rings. The number of pyridine rings is 1. The Morgan fingerprint density at radius 1 is 0.607 bits per heavy atom. The molecule has 0 radical (unpaired) electrons. The SMILES string of the molecule is FC(F)(F)c1ccc(-c2ccc(Cl)c(Cl)c2Cl)nc1-c1ccc(Cl)c(Cl)c1Cl. The molecule has 10 heteroatoms. The summed E-state index contributed by atoms with van der Waals surface area (Å²) >= 11 is 36.2. The maximum absolute atomic E-state index is 13.6. The number of alkyl halides is 3. The van der Waals surface area contributed by atoms with Gasteiger partial charge in [-0.3, -0.25) is 0 Å². The number of nitrogens with zero attached hydrogens (tertiary/aromatic N) is 1. The lowest BCUT2D eigenvalue weighted by Crippen LogP contribution is -2.09. The van der Waals surface area contributed by atoms with Crippen LogP contribution in [0.15, 0.2) is 36.4 Å². The van der Waals surface area contributed by atoms with Crippen molar-refractivity contribution in [2.24, 2.45) is 0 Å². The highest BCUT2D eigenvalue weighted by molar-refractivity contribution is 6.49. The molecule has 0 amide bonds. The van der Waals surface area contributed by atoms with Gasteiger partial charge in [0, 0.05) is 11.1 Å². The van der Waals surface area contributed by atoms with Crippen LogP contribution in [0, 0.1) is 0 Å². The van der Waals surface area contributed by atoms with Gasteiger partial charge in [-0.15, -0.1) is 0 Å². The summed E-state index contributed by atoms with van der Waals surface area (Å²) in [6, 6.07) is 7.70. The molecule has 146 valence electrons. The number of benzene rings is 2. The molecule has 3 rings (SSSR count). The zero-order valence-electron chi connectivity index (χ0n) is 13.3. The normalized spacial score (nSPS) is 11.8. The minimum Gasteiger partial charge on any atom is -0.247 e. The first-order chi connectivity index (χ1) is 13.0. The molecule has 0 aliphatic heterocycles. The molecule has 0 N–H and O–H groups in total. The van der Waals surface area contributed by atoms with E-state index in [-0.39, 0.29) is 41.4 Å². The average Bonchev–Trinajstić information content (AvgIpc) is 2.63. The molecule has 28 heavy (non-hydrogen) atoms. The van der Waals surface area contributed by atoms with Gasteiger partial charge in [-0.05, 0) is 36.4 Å². The third-order valence-electron chi connectivity index (χ3n) is 3.80. The van der Waals surface area contributed by atoms with E-state index < -0.39 is 17.4 Å². The summed E-state index contributed by atoms with van der Waals surface area (Å²) in [4.78, 5) is 4.15. The van der Waals surface area contributed by atoms with Crippen molar-refractivity contribution >= 4 is 69.6 Å². The summed E-state index contributed by atoms with van der Waals surface area (Å²) in [5, 5.41) is 0.213. The monoisotopic (exact) mass is 503 g/mol. The Morgan fingerprint density at radius 2 is 1.11 bits per heavy atom. The molecule has 0 aliphatic rings. The first-order valence-corrected chi connectivity index (χ1v) is 9.65. The fraction of sp³-hybridized carbons (Fsp3) is 0.0556. The third kappa shape index (κ3) is 4.04. The van der Waals surface area contributed by atoms with Crippen molar-refractivity contribution in [2.45, 2.75) is 6.18 Å². The maximum atomic E-state index is 13.6.